The number of hydrogen-bond acceptors (Lipinski definition) is 3. The van der Waals surface area contributed by atoms with Crippen LogP contribution in [0.1, 0.15) is 39.2 Å². The number of rotatable bonds is 0. The molecule has 2 aliphatic rings. The Morgan fingerprint density at radius 3 is 2.33 bits per heavy atom. The minimum absolute atomic E-state index is 0.290. The standard InChI is InChI=1S/C15H15Cl2NO3/c1-14(2,3)21-13(20)18-11-9(17)5-4-8(16)10(11)15(6-7-15)12(18)19/h4-5H,6-7H2,1-3H3. The van der Waals surface area contributed by atoms with E-state index in [1.165, 1.54) is 0 Å². The van der Waals surface area contributed by atoms with Crippen LogP contribution in [0.3, 0.4) is 0 Å². The molecule has 21 heavy (non-hydrogen) atoms. The molecule has 1 saturated carbocycles. The average Bonchev–Trinajstić information content (AvgIpc) is 3.07. The number of amides is 2. The summed E-state index contributed by atoms with van der Waals surface area (Å²) in [7, 11) is 0. The lowest BCUT2D eigenvalue weighted by atomic mass is 9.98. The molecule has 1 aromatic carbocycles. The van der Waals surface area contributed by atoms with Gasteiger partial charge in [-0.3, -0.25) is 4.79 Å². The lowest BCUT2D eigenvalue weighted by Gasteiger charge is -2.24. The molecule has 1 aliphatic carbocycles. The summed E-state index contributed by atoms with van der Waals surface area (Å²) >= 11 is 12.5. The van der Waals surface area contributed by atoms with Crippen LogP contribution in [0.25, 0.3) is 0 Å². The second kappa shape index (κ2) is 4.37. The molecule has 0 bridgehead atoms. The number of ether oxygens (including phenoxy) is 1. The van der Waals surface area contributed by atoms with Gasteiger partial charge in [-0.25, -0.2) is 9.69 Å². The molecule has 1 heterocycles. The van der Waals surface area contributed by atoms with E-state index >= 15 is 0 Å². The third kappa shape index (κ3) is 2.12. The molecule has 1 aliphatic heterocycles. The Labute approximate surface area is 133 Å². The molecular formula is C15H15Cl2NO3. The van der Waals surface area contributed by atoms with Gasteiger partial charge in [0.15, 0.2) is 0 Å². The lowest BCUT2D eigenvalue weighted by Crippen LogP contribution is -2.41. The van der Waals surface area contributed by atoms with Gasteiger partial charge in [0.05, 0.1) is 16.1 Å². The molecule has 3 rings (SSSR count). The third-order valence-electron chi connectivity index (χ3n) is 3.72. The highest BCUT2D eigenvalue weighted by molar-refractivity contribution is 6.40. The van der Waals surface area contributed by atoms with Gasteiger partial charge in [0.25, 0.3) is 0 Å². The van der Waals surface area contributed by atoms with E-state index in [9.17, 15) is 9.59 Å². The minimum atomic E-state index is -0.707. The van der Waals surface area contributed by atoms with Crippen LogP contribution in [0, 0.1) is 0 Å². The van der Waals surface area contributed by atoms with Crippen molar-refractivity contribution in [2.45, 2.75) is 44.6 Å². The Kier molecular flexibility index (Phi) is 3.05. The van der Waals surface area contributed by atoms with Crippen LogP contribution in [0.4, 0.5) is 10.5 Å². The zero-order chi connectivity index (χ0) is 15.6. The molecule has 0 saturated heterocycles. The van der Waals surface area contributed by atoms with Crippen molar-refractivity contribution in [3.63, 3.8) is 0 Å². The topological polar surface area (TPSA) is 46.6 Å². The summed E-state index contributed by atoms with van der Waals surface area (Å²) in [6, 6.07) is 3.25. The van der Waals surface area contributed by atoms with Crippen molar-refractivity contribution in [2.24, 2.45) is 0 Å². The molecule has 1 spiro atoms. The van der Waals surface area contributed by atoms with Crippen molar-refractivity contribution in [1.29, 1.82) is 0 Å². The molecule has 0 radical (unpaired) electrons. The fourth-order valence-corrected chi connectivity index (χ4v) is 3.28. The maximum atomic E-state index is 12.7. The Balaban J connectivity index is 2.11. The summed E-state index contributed by atoms with van der Waals surface area (Å²) in [5, 5.41) is 0.795. The van der Waals surface area contributed by atoms with E-state index in [-0.39, 0.29) is 5.91 Å². The van der Waals surface area contributed by atoms with Gasteiger partial charge < -0.3 is 4.74 Å². The largest absolute Gasteiger partial charge is 0.443 e. The molecule has 4 nitrogen and oxygen atoms in total. The van der Waals surface area contributed by atoms with Crippen molar-refractivity contribution >= 4 is 40.9 Å². The Morgan fingerprint density at radius 2 is 1.81 bits per heavy atom. The molecule has 1 aromatic rings. The first-order valence-electron chi connectivity index (χ1n) is 6.73. The third-order valence-corrected chi connectivity index (χ3v) is 4.34. The number of halogens is 2. The smallest absolute Gasteiger partial charge is 0.421 e. The van der Waals surface area contributed by atoms with Crippen molar-refractivity contribution in [1.82, 2.24) is 0 Å². The van der Waals surface area contributed by atoms with Gasteiger partial charge in [-0.1, -0.05) is 23.2 Å². The first-order valence-corrected chi connectivity index (χ1v) is 7.49. The summed E-state index contributed by atoms with van der Waals surface area (Å²) < 4.78 is 5.33. The van der Waals surface area contributed by atoms with Crippen LogP contribution in [-0.4, -0.2) is 17.6 Å². The monoisotopic (exact) mass is 327 g/mol. The predicted octanol–water partition coefficient (Wildman–Crippen LogP) is 4.31. The SMILES string of the molecule is CC(C)(C)OC(=O)N1C(=O)C2(CC2)c2c(Cl)ccc(Cl)c21. The predicted molar refractivity (Wildman–Crippen MR) is 81.1 cm³/mol. The number of hydrogen-bond donors (Lipinski definition) is 0. The highest BCUT2D eigenvalue weighted by atomic mass is 35.5. The quantitative estimate of drug-likeness (QED) is 0.713. The van der Waals surface area contributed by atoms with E-state index in [1.807, 2.05) is 0 Å². The lowest BCUT2D eigenvalue weighted by molar-refractivity contribution is -0.120. The zero-order valence-electron chi connectivity index (χ0n) is 12.0. The van der Waals surface area contributed by atoms with E-state index in [4.69, 9.17) is 27.9 Å². The fraction of sp³-hybridized carbons (Fsp3) is 0.467. The number of nitrogens with zero attached hydrogens (tertiary/aromatic N) is 1. The molecular weight excluding hydrogens is 313 g/mol. The summed E-state index contributed by atoms with van der Waals surface area (Å²) in [6.45, 7) is 5.25. The highest BCUT2D eigenvalue weighted by Crippen LogP contribution is 2.61. The molecule has 112 valence electrons. The number of imide groups is 1. The number of benzene rings is 1. The van der Waals surface area contributed by atoms with Crippen molar-refractivity contribution in [3.05, 3.63) is 27.7 Å². The summed E-state index contributed by atoms with van der Waals surface area (Å²) in [5.41, 5.74) is -0.343. The molecule has 0 aromatic heterocycles. The summed E-state index contributed by atoms with van der Waals surface area (Å²) in [5.74, 6) is -0.290. The highest BCUT2D eigenvalue weighted by Gasteiger charge is 2.62. The van der Waals surface area contributed by atoms with E-state index in [2.05, 4.69) is 0 Å². The van der Waals surface area contributed by atoms with Gasteiger partial charge in [-0.15, -0.1) is 0 Å². The van der Waals surface area contributed by atoms with Crippen molar-refractivity contribution in [3.8, 4) is 0 Å². The van der Waals surface area contributed by atoms with Crippen molar-refractivity contribution in [2.75, 3.05) is 4.90 Å². The Morgan fingerprint density at radius 1 is 1.24 bits per heavy atom. The number of anilines is 1. The first kappa shape index (κ1) is 14.7. The Hall–Kier alpha value is -1.26. The minimum Gasteiger partial charge on any atom is -0.443 e. The van der Waals surface area contributed by atoms with Crippen LogP contribution in [0.5, 0.6) is 0 Å². The molecule has 0 unspecified atom stereocenters. The van der Waals surface area contributed by atoms with Crippen LogP contribution in [0.15, 0.2) is 12.1 Å². The Bertz CT molecular complexity index is 660. The van der Waals surface area contributed by atoms with E-state index in [1.54, 1.807) is 32.9 Å². The van der Waals surface area contributed by atoms with Gasteiger partial charge in [0.2, 0.25) is 5.91 Å². The molecule has 0 atom stereocenters. The van der Waals surface area contributed by atoms with Crippen LogP contribution in [-0.2, 0) is 14.9 Å². The molecule has 2 amide bonds. The van der Waals surface area contributed by atoms with E-state index in [0.29, 0.717) is 34.1 Å². The second-order valence-corrected chi connectivity index (χ2v) is 7.27. The van der Waals surface area contributed by atoms with Gasteiger partial charge in [-0.05, 0) is 45.7 Å². The number of carbonyl (C=O) groups excluding carboxylic acids is 2. The van der Waals surface area contributed by atoms with Gasteiger partial charge in [0, 0.05) is 10.6 Å². The average molecular weight is 328 g/mol. The zero-order valence-corrected chi connectivity index (χ0v) is 13.5. The van der Waals surface area contributed by atoms with Crippen molar-refractivity contribution < 1.29 is 14.3 Å². The maximum Gasteiger partial charge on any atom is 0.421 e. The number of fused-ring (bicyclic) bond motifs is 2. The molecule has 0 N–H and O–H groups in total. The van der Waals surface area contributed by atoms with Crippen LogP contribution < -0.4 is 4.90 Å². The molecule has 1 fully saturated rings. The van der Waals surface area contributed by atoms with E-state index < -0.39 is 17.1 Å². The van der Waals surface area contributed by atoms with Crippen LogP contribution in [0.2, 0.25) is 10.0 Å². The van der Waals surface area contributed by atoms with E-state index in [0.717, 1.165) is 4.90 Å². The normalized spacial score (nSPS) is 18.9. The fourth-order valence-electron chi connectivity index (χ4n) is 2.71. The molecule has 6 heteroatoms. The number of carbonyl (C=O) groups is 2. The van der Waals surface area contributed by atoms with Crippen LogP contribution >= 0.6 is 23.2 Å². The van der Waals surface area contributed by atoms with Gasteiger partial charge in [-0.2, -0.15) is 0 Å². The van der Waals surface area contributed by atoms with Gasteiger partial charge >= 0.3 is 6.09 Å². The second-order valence-electron chi connectivity index (χ2n) is 6.46. The first-order chi connectivity index (χ1) is 9.67. The summed E-state index contributed by atoms with van der Waals surface area (Å²) in [4.78, 5) is 26.1. The maximum absolute atomic E-state index is 12.7. The van der Waals surface area contributed by atoms with Gasteiger partial charge in [0.1, 0.15) is 5.60 Å². The summed E-state index contributed by atoms with van der Waals surface area (Å²) in [6.07, 6.45) is 0.651.